The summed E-state index contributed by atoms with van der Waals surface area (Å²) in [5.74, 6) is -0.485. The average Bonchev–Trinajstić information content (AvgIpc) is 3.52. The quantitative estimate of drug-likeness (QED) is 0.557. The Kier molecular flexibility index (Phi) is 5.70. The lowest BCUT2D eigenvalue weighted by atomic mass is 10.0. The number of benzene rings is 2. The third-order valence-electron chi connectivity index (χ3n) is 7.08. The van der Waals surface area contributed by atoms with Crippen molar-refractivity contribution in [3.8, 4) is 16.9 Å². The van der Waals surface area contributed by atoms with Crippen LogP contribution in [-0.2, 0) is 26.9 Å². The molecule has 0 N–H and O–H groups in total. The summed E-state index contributed by atoms with van der Waals surface area (Å²) in [7, 11) is -3.59. The monoisotopic (exact) mass is 492 g/mol. The van der Waals surface area contributed by atoms with Gasteiger partial charge in [0.1, 0.15) is 0 Å². The summed E-state index contributed by atoms with van der Waals surface area (Å²) in [4.78, 5) is 17.9. The fraction of sp³-hybridized carbons (Fsp3) is 0.385. The van der Waals surface area contributed by atoms with E-state index in [1.165, 1.54) is 18.4 Å². The third kappa shape index (κ3) is 4.07. The molecule has 9 heteroatoms. The Morgan fingerprint density at radius 3 is 2.40 bits per heavy atom. The number of hydrogen-bond donors (Lipinski definition) is 0. The third-order valence-corrected chi connectivity index (χ3v) is 8.78. The largest absolute Gasteiger partial charge is 0.378 e. The summed E-state index contributed by atoms with van der Waals surface area (Å²) in [6, 6.07) is 15.2. The van der Waals surface area contributed by atoms with Crippen molar-refractivity contribution in [1.29, 1.82) is 0 Å². The molecule has 2 saturated heterocycles. The van der Waals surface area contributed by atoms with E-state index < -0.39 is 9.84 Å². The molecule has 0 radical (unpaired) electrons. The van der Waals surface area contributed by atoms with Crippen LogP contribution in [0.15, 0.2) is 53.4 Å². The van der Waals surface area contributed by atoms with E-state index in [4.69, 9.17) is 9.84 Å². The number of likely N-dealkylation sites (tertiary alicyclic amines) is 1. The van der Waals surface area contributed by atoms with E-state index in [1.807, 2.05) is 18.2 Å². The van der Waals surface area contributed by atoms with Crippen LogP contribution in [0.2, 0.25) is 0 Å². The topological polar surface area (TPSA) is 84.7 Å². The van der Waals surface area contributed by atoms with Crippen LogP contribution in [0.25, 0.3) is 16.9 Å². The molecule has 0 spiro atoms. The molecule has 0 bridgehead atoms. The molecule has 3 aliphatic rings. The van der Waals surface area contributed by atoms with Gasteiger partial charge in [-0.3, -0.25) is 9.69 Å². The summed E-state index contributed by atoms with van der Waals surface area (Å²) >= 11 is 0. The maximum absolute atomic E-state index is 13.5. The predicted octanol–water partition coefficient (Wildman–Crippen LogP) is 2.89. The van der Waals surface area contributed by atoms with Crippen molar-refractivity contribution in [1.82, 2.24) is 19.6 Å². The first kappa shape index (κ1) is 22.5. The Balaban J connectivity index is 1.45. The van der Waals surface area contributed by atoms with E-state index in [-0.39, 0.29) is 22.2 Å². The van der Waals surface area contributed by atoms with E-state index in [1.54, 1.807) is 27.8 Å². The summed E-state index contributed by atoms with van der Waals surface area (Å²) in [5, 5.41) is 4.74. The maximum Gasteiger partial charge on any atom is 0.274 e. The smallest absolute Gasteiger partial charge is 0.274 e. The number of aromatic nitrogens is 2. The minimum Gasteiger partial charge on any atom is -0.378 e. The van der Waals surface area contributed by atoms with Crippen LogP contribution in [-0.4, -0.2) is 73.3 Å². The van der Waals surface area contributed by atoms with Crippen molar-refractivity contribution in [3.63, 3.8) is 0 Å². The van der Waals surface area contributed by atoms with Crippen LogP contribution in [0.4, 0.5) is 0 Å². The number of carbonyl (C=O) groups excluding carboxylic acids is 1. The SMILES string of the molecule is O=C(c1nn(-c2ccc(CN3CCCC3)cc2)c2c1CS(=O)(=O)c1ccccc1-2)N1CCOCC1. The lowest BCUT2D eigenvalue weighted by Crippen LogP contribution is -2.41. The van der Waals surface area contributed by atoms with Crippen LogP contribution < -0.4 is 0 Å². The van der Waals surface area contributed by atoms with Gasteiger partial charge in [0.05, 0.1) is 35.2 Å². The molecule has 2 fully saturated rings. The molecule has 6 rings (SSSR count). The lowest BCUT2D eigenvalue weighted by molar-refractivity contribution is 0.0298. The van der Waals surface area contributed by atoms with Crippen molar-refractivity contribution in [3.05, 3.63) is 65.4 Å². The van der Waals surface area contributed by atoms with Gasteiger partial charge >= 0.3 is 0 Å². The molecule has 182 valence electrons. The number of hydrogen-bond acceptors (Lipinski definition) is 6. The zero-order valence-electron chi connectivity index (χ0n) is 19.5. The van der Waals surface area contributed by atoms with Crippen LogP contribution in [0.1, 0.15) is 34.5 Å². The minimum absolute atomic E-state index is 0.209. The zero-order chi connectivity index (χ0) is 24.0. The molecule has 35 heavy (non-hydrogen) atoms. The van der Waals surface area contributed by atoms with Crippen LogP contribution in [0.3, 0.4) is 0 Å². The van der Waals surface area contributed by atoms with Gasteiger partial charge in [0.25, 0.3) is 5.91 Å². The highest BCUT2D eigenvalue weighted by Crippen LogP contribution is 2.40. The molecule has 4 heterocycles. The van der Waals surface area contributed by atoms with Gasteiger partial charge in [-0.2, -0.15) is 5.10 Å². The number of sulfone groups is 1. The number of carbonyl (C=O) groups is 1. The second-order valence-corrected chi connectivity index (χ2v) is 11.4. The number of morpholine rings is 1. The van der Waals surface area contributed by atoms with Gasteiger partial charge in [-0.1, -0.05) is 30.3 Å². The number of ether oxygens (including phenoxy) is 1. The van der Waals surface area contributed by atoms with E-state index >= 15 is 0 Å². The molecule has 0 aliphatic carbocycles. The van der Waals surface area contributed by atoms with Crippen LogP contribution in [0.5, 0.6) is 0 Å². The van der Waals surface area contributed by atoms with Gasteiger partial charge in [0.15, 0.2) is 15.5 Å². The Hall–Kier alpha value is -3.01. The van der Waals surface area contributed by atoms with Gasteiger partial charge in [-0.15, -0.1) is 0 Å². The molecule has 0 unspecified atom stereocenters. The first-order chi connectivity index (χ1) is 17.0. The molecule has 3 aromatic rings. The van der Waals surface area contributed by atoms with Crippen molar-refractivity contribution in [2.45, 2.75) is 30.0 Å². The average molecular weight is 493 g/mol. The highest BCUT2D eigenvalue weighted by molar-refractivity contribution is 7.90. The second-order valence-electron chi connectivity index (χ2n) is 9.40. The summed E-state index contributed by atoms with van der Waals surface area (Å²) in [5.41, 5.74) is 3.98. The molecule has 1 aromatic heterocycles. The van der Waals surface area contributed by atoms with Gasteiger partial charge in [-0.25, -0.2) is 13.1 Å². The summed E-state index contributed by atoms with van der Waals surface area (Å²) in [6.45, 7) is 5.05. The van der Waals surface area contributed by atoms with Crippen molar-refractivity contribution in [2.75, 3.05) is 39.4 Å². The standard InChI is InChI=1S/C26H28N4O4S/c31-26(29-13-15-34-16-14-29)24-22-18-35(32,33)23-6-2-1-5-21(23)25(22)30(27-24)20-9-7-19(8-10-20)17-28-11-3-4-12-28/h1-2,5-10H,3-4,11-18H2. The van der Waals surface area contributed by atoms with E-state index in [0.717, 1.165) is 25.3 Å². The molecule has 2 aromatic carbocycles. The van der Waals surface area contributed by atoms with E-state index in [2.05, 4.69) is 17.0 Å². The Morgan fingerprint density at radius 1 is 0.943 bits per heavy atom. The van der Waals surface area contributed by atoms with E-state index in [0.29, 0.717) is 43.1 Å². The van der Waals surface area contributed by atoms with Gasteiger partial charge < -0.3 is 9.64 Å². The zero-order valence-corrected chi connectivity index (χ0v) is 20.3. The minimum atomic E-state index is -3.59. The van der Waals surface area contributed by atoms with Crippen LogP contribution >= 0.6 is 0 Å². The number of fused-ring (bicyclic) bond motifs is 3. The van der Waals surface area contributed by atoms with Crippen molar-refractivity contribution >= 4 is 15.7 Å². The molecule has 0 saturated carbocycles. The summed E-state index contributed by atoms with van der Waals surface area (Å²) < 4.78 is 33.4. The first-order valence-electron chi connectivity index (χ1n) is 12.1. The van der Waals surface area contributed by atoms with Gasteiger partial charge in [-0.05, 0) is 49.7 Å². The van der Waals surface area contributed by atoms with Crippen LogP contribution in [0, 0.1) is 0 Å². The predicted molar refractivity (Wildman–Crippen MR) is 131 cm³/mol. The Bertz CT molecular complexity index is 1370. The van der Waals surface area contributed by atoms with Gasteiger partial charge in [0.2, 0.25) is 0 Å². The fourth-order valence-electron chi connectivity index (χ4n) is 5.28. The highest BCUT2D eigenvalue weighted by atomic mass is 32.2. The molecule has 0 atom stereocenters. The molecule has 3 aliphatic heterocycles. The van der Waals surface area contributed by atoms with Crippen molar-refractivity contribution < 1.29 is 17.9 Å². The molecular weight excluding hydrogens is 464 g/mol. The van der Waals surface area contributed by atoms with Gasteiger partial charge in [0, 0.05) is 30.8 Å². The first-order valence-corrected chi connectivity index (χ1v) is 13.8. The lowest BCUT2D eigenvalue weighted by Gasteiger charge is -2.26. The normalized spacial score (nSPS) is 19.4. The molecule has 1 amide bonds. The molecular formula is C26H28N4O4S. The Labute approximate surface area is 205 Å². The molecule has 8 nitrogen and oxygen atoms in total. The van der Waals surface area contributed by atoms with E-state index in [9.17, 15) is 13.2 Å². The number of amides is 1. The number of rotatable bonds is 4. The summed E-state index contributed by atoms with van der Waals surface area (Å²) in [6.07, 6.45) is 2.50. The fourth-order valence-corrected chi connectivity index (χ4v) is 6.88. The maximum atomic E-state index is 13.5. The number of nitrogens with zero attached hydrogens (tertiary/aromatic N) is 4. The van der Waals surface area contributed by atoms with Crippen molar-refractivity contribution in [2.24, 2.45) is 0 Å². The highest BCUT2D eigenvalue weighted by Gasteiger charge is 2.37. The Morgan fingerprint density at radius 2 is 1.66 bits per heavy atom. The second kappa shape index (κ2) is 8.89.